The van der Waals surface area contributed by atoms with Crippen LogP contribution in [0.25, 0.3) is 0 Å². The van der Waals surface area contributed by atoms with E-state index >= 15 is 0 Å². The van der Waals surface area contributed by atoms with Gasteiger partial charge in [0.05, 0.1) is 5.56 Å². The van der Waals surface area contributed by atoms with E-state index in [1.54, 1.807) is 6.07 Å². The molecule has 0 saturated carbocycles. The summed E-state index contributed by atoms with van der Waals surface area (Å²) in [6.07, 6.45) is 0.374. The van der Waals surface area contributed by atoms with Crippen LogP contribution in [0.4, 0.5) is 13.2 Å². The topological polar surface area (TPSA) is 38.0 Å². The molecule has 5 heteroatoms. The van der Waals surface area contributed by atoms with E-state index in [9.17, 15) is 13.2 Å². The molecule has 0 heterocycles. The molecule has 0 aliphatic rings. The average molecular weight is 302 g/mol. The molecule has 0 aliphatic carbocycles. The molecule has 1 aromatic carbocycles. The van der Waals surface area contributed by atoms with Crippen molar-refractivity contribution in [1.29, 1.82) is 0 Å². The quantitative estimate of drug-likeness (QED) is 0.555. The van der Waals surface area contributed by atoms with E-state index in [1.165, 1.54) is 12.1 Å². The van der Waals surface area contributed by atoms with Crippen molar-refractivity contribution in [1.82, 2.24) is 5.43 Å². The number of rotatable bonds is 8. The van der Waals surface area contributed by atoms with Gasteiger partial charge >= 0.3 is 6.18 Å². The van der Waals surface area contributed by atoms with Crippen LogP contribution >= 0.6 is 0 Å². The molecular weight excluding hydrogens is 277 g/mol. The number of benzene rings is 1. The maximum atomic E-state index is 12.7. The fourth-order valence-corrected chi connectivity index (χ4v) is 2.78. The highest BCUT2D eigenvalue weighted by molar-refractivity contribution is 5.26. The number of hydrogen-bond donors (Lipinski definition) is 2. The largest absolute Gasteiger partial charge is 0.416 e. The minimum atomic E-state index is -4.30. The zero-order chi connectivity index (χ0) is 15.9. The Morgan fingerprint density at radius 2 is 1.76 bits per heavy atom. The van der Waals surface area contributed by atoms with Crippen molar-refractivity contribution in [3.05, 3.63) is 35.4 Å². The van der Waals surface area contributed by atoms with Gasteiger partial charge in [0.15, 0.2) is 0 Å². The van der Waals surface area contributed by atoms with Crippen LogP contribution in [0.5, 0.6) is 0 Å². The molecule has 120 valence electrons. The van der Waals surface area contributed by atoms with Gasteiger partial charge in [0.25, 0.3) is 0 Å². The molecule has 3 N–H and O–H groups in total. The molecule has 0 amide bonds. The number of halogens is 3. The molecule has 1 atom stereocenters. The van der Waals surface area contributed by atoms with Crippen molar-refractivity contribution < 1.29 is 13.2 Å². The zero-order valence-corrected chi connectivity index (χ0v) is 12.7. The SMILES string of the molecule is CCCC(CCC)C(Cc1cccc(C(F)(F)F)c1)NN. The average Bonchev–Trinajstić information content (AvgIpc) is 2.44. The van der Waals surface area contributed by atoms with Crippen LogP contribution in [0.1, 0.15) is 50.7 Å². The summed E-state index contributed by atoms with van der Waals surface area (Å²) in [7, 11) is 0. The molecule has 0 aromatic heterocycles. The first kappa shape index (κ1) is 18.0. The maximum Gasteiger partial charge on any atom is 0.416 e. The van der Waals surface area contributed by atoms with E-state index in [4.69, 9.17) is 5.84 Å². The Hall–Kier alpha value is -1.07. The molecule has 0 fully saturated rings. The van der Waals surface area contributed by atoms with Crippen LogP contribution in [0.2, 0.25) is 0 Å². The molecule has 21 heavy (non-hydrogen) atoms. The van der Waals surface area contributed by atoms with Crippen molar-refractivity contribution >= 4 is 0 Å². The fraction of sp³-hybridized carbons (Fsp3) is 0.625. The molecule has 1 unspecified atom stereocenters. The Morgan fingerprint density at radius 3 is 2.24 bits per heavy atom. The normalized spacial score (nSPS) is 13.7. The molecule has 0 radical (unpaired) electrons. The first-order valence-electron chi connectivity index (χ1n) is 7.54. The predicted molar refractivity (Wildman–Crippen MR) is 79.6 cm³/mol. The smallest absolute Gasteiger partial charge is 0.271 e. The lowest BCUT2D eigenvalue weighted by Crippen LogP contribution is -2.42. The summed E-state index contributed by atoms with van der Waals surface area (Å²) >= 11 is 0. The third-order valence-electron chi connectivity index (χ3n) is 3.81. The van der Waals surface area contributed by atoms with Crippen LogP contribution in [0.3, 0.4) is 0 Å². The van der Waals surface area contributed by atoms with Gasteiger partial charge in [0, 0.05) is 6.04 Å². The van der Waals surface area contributed by atoms with Gasteiger partial charge in [-0.2, -0.15) is 13.2 Å². The molecule has 1 aromatic rings. The molecule has 0 bridgehead atoms. The van der Waals surface area contributed by atoms with Crippen molar-refractivity contribution in [2.24, 2.45) is 11.8 Å². The summed E-state index contributed by atoms with van der Waals surface area (Å²) in [5, 5.41) is 0. The monoisotopic (exact) mass is 302 g/mol. The Bertz CT molecular complexity index is 412. The second kappa shape index (κ2) is 8.39. The summed E-state index contributed by atoms with van der Waals surface area (Å²) in [4.78, 5) is 0. The van der Waals surface area contributed by atoms with Gasteiger partial charge in [-0.25, -0.2) is 0 Å². The molecule has 2 nitrogen and oxygen atoms in total. The van der Waals surface area contributed by atoms with Crippen LogP contribution in [-0.4, -0.2) is 6.04 Å². The first-order valence-corrected chi connectivity index (χ1v) is 7.54. The zero-order valence-electron chi connectivity index (χ0n) is 12.7. The lowest BCUT2D eigenvalue weighted by molar-refractivity contribution is -0.137. The maximum absolute atomic E-state index is 12.7. The van der Waals surface area contributed by atoms with E-state index in [0.29, 0.717) is 17.9 Å². The highest BCUT2D eigenvalue weighted by atomic mass is 19.4. The van der Waals surface area contributed by atoms with Crippen LogP contribution < -0.4 is 11.3 Å². The summed E-state index contributed by atoms with van der Waals surface area (Å²) in [5.41, 5.74) is 2.87. The highest BCUT2D eigenvalue weighted by Crippen LogP contribution is 2.30. The third-order valence-corrected chi connectivity index (χ3v) is 3.81. The Balaban J connectivity index is 2.85. The van der Waals surface area contributed by atoms with Crippen molar-refractivity contribution in [2.45, 2.75) is 58.2 Å². The summed E-state index contributed by atoms with van der Waals surface area (Å²) in [6.45, 7) is 4.22. The Labute approximate surface area is 124 Å². The van der Waals surface area contributed by atoms with Crippen LogP contribution in [-0.2, 0) is 12.6 Å². The number of nitrogens with one attached hydrogen (secondary N) is 1. The first-order chi connectivity index (χ1) is 9.92. The summed E-state index contributed by atoms with van der Waals surface area (Å²) in [5.74, 6) is 6.02. The van der Waals surface area contributed by atoms with Gasteiger partial charge in [-0.3, -0.25) is 11.3 Å². The van der Waals surface area contributed by atoms with E-state index in [1.807, 2.05) is 0 Å². The second-order valence-corrected chi connectivity index (χ2v) is 5.51. The van der Waals surface area contributed by atoms with Crippen molar-refractivity contribution in [3.8, 4) is 0 Å². The van der Waals surface area contributed by atoms with Crippen LogP contribution in [0, 0.1) is 5.92 Å². The van der Waals surface area contributed by atoms with Crippen LogP contribution in [0.15, 0.2) is 24.3 Å². The van der Waals surface area contributed by atoms with E-state index < -0.39 is 11.7 Å². The Kier molecular flexibility index (Phi) is 7.18. The lowest BCUT2D eigenvalue weighted by atomic mass is 9.87. The number of hydrogen-bond acceptors (Lipinski definition) is 2. The molecule has 0 aliphatic heterocycles. The van der Waals surface area contributed by atoms with Gasteiger partial charge in [-0.05, 0) is 36.8 Å². The molecular formula is C16H25F3N2. The van der Waals surface area contributed by atoms with Gasteiger partial charge in [-0.15, -0.1) is 0 Å². The number of hydrazine groups is 1. The van der Waals surface area contributed by atoms with Crippen molar-refractivity contribution in [2.75, 3.05) is 0 Å². The standard InChI is InChI=1S/C16H25F3N2/c1-3-6-13(7-4-2)15(21-20)11-12-8-5-9-14(10-12)16(17,18)19/h5,8-10,13,15,21H,3-4,6-7,11,20H2,1-2H3. The van der Waals surface area contributed by atoms with Crippen molar-refractivity contribution in [3.63, 3.8) is 0 Å². The number of nitrogens with two attached hydrogens (primary N) is 1. The second-order valence-electron chi connectivity index (χ2n) is 5.51. The summed E-state index contributed by atoms with van der Waals surface area (Å²) < 4.78 is 38.2. The number of alkyl halides is 3. The van der Waals surface area contributed by atoms with Gasteiger partial charge < -0.3 is 0 Å². The lowest BCUT2D eigenvalue weighted by Gasteiger charge is -2.26. The highest BCUT2D eigenvalue weighted by Gasteiger charge is 2.30. The molecule has 1 rings (SSSR count). The molecule has 0 spiro atoms. The minimum absolute atomic E-state index is 0.00776. The predicted octanol–water partition coefficient (Wildman–Crippen LogP) is 4.30. The van der Waals surface area contributed by atoms with E-state index in [0.717, 1.165) is 31.7 Å². The van der Waals surface area contributed by atoms with Gasteiger partial charge in [0.1, 0.15) is 0 Å². The summed E-state index contributed by atoms with van der Waals surface area (Å²) in [6, 6.07) is 5.52. The Morgan fingerprint density at radius 1 is 1.14 bits per heavy atom. The minimum Gasteiger partial charge on any atom is -0.271 e. The van der Waals surface area contributed by atoms with Gasteiger partial charge in [0.2, 0.25) is 0 Å². The molecule has 0 saturated heterocycles. The fourth-order valence-electron chi connectivity index (χ4n) is 2.78. The third kappa shape index (κ3) is 5.67. The van der Waals surface area contributed by atoms with Gasteiger partial charge in [-0.1, -0.05) is 44.9 Å². The van der Waals surface area contributed by atoms with E-state index in [-0.39, 0.29) is 6.04 Å². The van der Waals surface area contributed by atoms with E-state index in [2.05, 4.69) is 19.3 Å².